The van der Waals surface area contributed by atoms with Crippen LogP contribution in [0.3, 0.4) is 0 Å². The molecule has 22 heavy (non-hydrogen) atoms. The van der Waals surface area contributed by atoms with Crippen LogP contribution in [0.25, 0.3) is 0 Å². The lowest BCUT2D eigenvalue weighted by Gasteiger charge is -2.32. The Morgan fingerprint density at radius 3 is 3.09 bits per heavy atom. The van der Waals surface area contributed by atoms with Crippen LogP contribution in [0.2, 0.25) is 0 Å². The van der Waals surface area contributed by atoms with Gasteiger partial charge in [-0.05, 0) is 43.8 Å². The molecule has 116 valence electrons. The number of benzene rings is 1. The monoisotopic (exact) mass is 299 g/mol. The molecular formula is C17H21N3O2. The van der Waals surface area contributed by atoms with Crippen molar-refractivity contribution in [2.45, 2.75) is 24.5 Å². The van der Waals surface area contributed by atoms with Gasteiger partial charge in [0.1, 0.15) is 6.10 Å². The number of hydrogen-bond acceptors (Lipinski definition) is 5. The summed E-state index contributed by atoms with van der Waals surface area (Å²) in [6.07, 6.45) is 7.37. The number of allylic oxidation sites excluding steroid dienone is 1. The Morgan fingerprint density at radius 2 is 2.32 bits per heavy atom. The molecule has 0 saturated heterocycles. The van der Waals surface area contributed by atoms with E-state index in [1.165, 1.54) is 11.1 Å². The lowest BCUT2D eigenvalue weighted by molar-refractivity contribution is 0.192. The maximum atomic E-state index is 6.30. The Bertz CT molecular complexity index is 683. The summed E-state index contributed by atoms with van der Waals surface area (Å²) in [5, 5.41) is 0. The third-order valence-corrected chi connectivity index (χ3v) is 5.05. The predicted molar refractivity (Wildman–Crippen MR) is 84.6 cm³/mol. The van der Waals surface area contributed by atoms with Crippen LogP contribution in [0.1, 0.15) is 17.5 Å². The van der Waals surface area contributed by atoms with Gasteiger partial charge in [0.05, 0.1) is 12.5 Å². The first-order chi connectivity index (χ1) is 10.7. The summed E-state index contributed by atoms with van der Waals surface area (Å²) in [5.41, 5.74) is 6.09. The Labute approximate surface area is 130 Å². The van der Waals surface area contributed by atoms with Gasteiger partial charge in [0, 0.05) is 17.8 Å². The molecule has 1 spiro atoms. The van der Waals surface area contributed by atoms with Crippen molar-refractivity contribution in [1.82, 2.24) is 10.3 Å². The van der Waals surface area contributed by atoms with Crippen LogP contribution in [0, 0.1) is 0 Å². The van der Waals surface area contributed by atoms with Crippen LogP contribution in [-0.2, 0) is 12.0 Å². The highest BCUT2D eigenvalue weighted by Gasteiger charge is 2.51. The highest BCUT2D eigenvalue weighted by atomic mass is 16.5. The summed E-state index contributed by atoms with van der Waals surface area (Å²) in [6, 6.07) is 4.18. The third kappa shape index (κ3) is 1.72. The van der Waals surface area contributed by atoms with E-state index in [1.807, 2.05) is 6.07 Å². The van der Waals surface area contributed by atoms with Crippen LogP contribution in [-0.4, -0.2) is 31.7 Å². The number of nitrogens with two attached hydrogens (primary N) is 1. The number of rotatable bonds is 2. The molecule has 0 aromatic heterocycles. The van der Waals surface area contributed by atoms with E-state index < -0.39 is 0 Å². The van der Waals surface area contributed by atoms with Crippen molar-refractivity contribution in [2.75, 3.05) is 20.7 Å². The van der Waals surface area contributed by atoms with Gasteiger partial charge >= 0.3 is 0 Å². The Kier molecular flexibility index (Phi) is 2.96. The van der Waals surface area contributed by atoms with E-state index in [4.69, 9.17) is 15.3 Å². The van der Waals surface area contributed by atoms with E-state index in [0.29, 0.717) is 0 Å². The second kappa shape index (κ2) is 4.76. The molecule has 0 saturated carbocycles. The molecule has 2 unspecified atom stereocenters. The molecule has 4 rings (SSSR count). The molecule has 1 aliphatic carbocycles. The van der Waals surface area contributed by atoms with E-state index >= 15 is 0 Å². The number of nitrogens with one attached hydrogen (secondary N) is 1. The molecule has 5 heteroatoms. The molecule has 0 radical (unpaired) electrons. The molecule has 0 bridgehead atoms. The highest BCUT2D eigenvalue weighted by Crippen LogP contribution is 2.54. The highest BCUT2D eigenvalue weighted by molar-refractivity contribution is 5.62. The fraction of sp³-hybridized carbons (Fsp3) is 0.412. The van der Waals surface area contributed by atoms with Crippen molar-refractivity contribution >= 4 is 0 Å². The Hall–Kier alpha value is -1.98. The predicted octanol–water partition coefficient (Wildman–Crippen LogP) is 1.45. The summed E-state index contributed by atoms with van der Waals surface area (Å²) < 4.78 is 11.8. The number of hydrazine groups is 1. The van der Waals surface area contributed by atoms with Crippen LogP contribution >= 0.6 is 0 Å². The minimum absolute atomic E-state index is 0.0416. The van der Waals surface area contributed by atoms with Gasteiger partial charge in [0.25, 0.3) is 0 Å². The average molecular weight is 299 g/mol. The number of ether oxygens (including phenoxy) is 2. The van der Waals surface area contributed by atoms with Crippen LogP contribution in [0.5, 0.6) is 11.5 Å². The molecule has 3 aliphatic rings. The number of nitrogens with zero attached hydrogens (tertiary/aromatic N) is 1. The summed E-state index contributed by atoms with van der Waals surface area (Å²) in [6.45, 7) is 1.96. The molecule has 3 N–H and O–H groups in total. The first kappa shape index (κ1) is 13.7. The minimum Gasteiger partial charge on any atom is -0.493 e. The van der Waals surface area contributed by atoms with Crippen molar-refractivity contribution in [3.63, 3.8) is 0 Å². The summed E-state index contributed by atoms with van der Waals surface area (Å²) in [4.78, 5) is 2.36. The van der Waals surface area contributed by atoms with Crippen molar-refractivity contribution in [3.8, 4) is 11.5 Å². The average Bonchev–Trinajstić information content (AvgIpc) is 2.80. The number of methoxy groups -OCH3 is 1. The first-order valence-corrected chi connectivity index (χ1v) is 7.61. The van der Waals surface area contributed by atoms with Crippen LogP contribution in [0.15, 0.2) is 36.1 Å². The molecule has 2 atom stereocenters. The lowest BCUT2D eigenvalue weighted by Crippen LogP contribution is -2.40. The molecule has 1 aromatic rings. The maximum Gasteiger partial charge on any atom is 0.166 e. The zero-order valence-corrected chi connectivity index (χ0v) is 12.9. The van der Waals surface area contributed by atoms with Gasteiger partial charge in [-0.25, -0.2) is 0 Å². The van der Waals surface area contributed by atoms with Crippen LogP contribution in [0.4, 0.5) is 0 Å². The van der Waals surface area contributed by atoms with Gasteiger partial charge in [0.2, 0.25) is 0 Å². The molecule has 0 amide bonds. The zero-order chi connectivity index (χ0) is 15.3. The van der Waals surface area contributed by atoms with Gasteiger partial charge < -0.3 is 19.8 Å². The van der Waals surface area contributed by atoms with Crippen molar-refractivity contribution in [2.24, 2.45) is 5.84 Å². The molecule has 0 fully saturated rings. The fourth-order valence-corrected chi connectivity index (χ4v) is 3.91. The molecule has 5 nitrogen and oxygen atoms in total. The number of hydrogen-bond donors (Lipinski definition) is 2. The van der Waals surface area contributed by atoms with Gasteiger partial charge in [-0.3, -0.25) is 5.84 Å². The van der Waals surface area contributed by atoms with E-state index in [-0.39, 0.29) is 11.5 Å². The SMILES string of the molecule is COc1ccc2c3c1OC1C=C(NN)C=CC31CCN(C)C2. The fourth-order valence-electron chi connectivity index (χ4n) is 3.91. The zero-order valence-electron chi connectivity index (χ0n) is 12.9. The lowest BCUT2D eigenvalue weighted by atomic mass is 9.71. The molecule has 1 aromatic carbocycles. The smallest absolute Gasteiger partial charge is 0.166 e. The van der Waals surface area contributed by atoms with E-state index in [0.717, 1.165) is 36.7 Å². The van der Waals surface area contributed by atoms with Gasteiger partial charge in [-0.1, -0.05) is 12.1 Å². The van der Waals surface area contributed by atoms with E-state index in [9.17, 15) is 0 Å². The Balaban J connectivity index is 1.94. The van der Waals surface area contributed by atoms with Crippen molar-refractivity contribution in [3.05, 3.63) is 47.2 Å². The van der Waals surface area contributed by atoms with Gasteiger partial charge in [-0.15, -0.1) is 0 Å². The van der Waals surface area contributed by atoms with Crippen molar-refractivity contribution in [1.29, 1.82) is 0 Å². The standard InChI is InChI=1S/C17H21N3O2/c1-20-8-7-17-6-5-12(19-18)9-14(17)22-16-13(21-2)4-3-11(10-20)15(16)17/h3-6,9,14,19H,7-8,10,18H2,1-2H3. The minimum atomic E-state index is -0.121. The molecule has 2 heterocycles. The molecule has 2 aliphatic heterocycles. The second-order valence-electron chi connectivity index (χ2n) is 6.30. The summed E-state index contributed by atoms with van der Waals surface area (Å²) in [7, 11) is 3.86. The van der Waals surface area contributed by atoms with E-state index in [1.54, 1.807) is 7.11 Å². The molecular weight excluding hydrogens is 278 g/mol. The summed E-state index contributed by atoms with van der Waals surface area (Å²) in [5.74, 6) is 7.27. The van der Waals surface area contributed by atoms with E-state index in [2.05, 4.69) is 41.7 Å². The van der Waals surface area contributed by atoms with Gasteiger partial charge in [-0.2, -0.15) is 0 Å². The normalized spacial score (nSPS) is 29.0. The van der Waals surface area contributed by atoms with Crippen molar-refractivity contribution < 1.29 is 9.47 Å². The quantitative estimate of drug-likeness (QED) is 0.639. The maximum absolute atomic E-state index is 6.30. The van der Waals surface area contributed by atoms with Gasteiger partial charge in [0.15, 0.2) is 11.5 Å². The topological polar surface area (TPSA) is 59.8 Å². The van der Waals surface area contributed by atoms with Crippen LogP contribution < -0.4 is 20.7 Å². The first-order valence-electron chi connectivity index (χ1n) is 7.61. The third-order valence-electron chi connectivity index (χ3n) is 5.05. The second-order valence-corrected chi connectivity index (χ2v) is 6.30. The Morgan fingerprint density at radius 1 is 1.45 bits per heavy atom. The largest absolute Gasteiger partial charge is 0.493 e. The summed E-state index contributed by atoms with van der Waals surface area (Å²) >= 11 is 0.